The molecule has 0 radical (unpaired) electrons. The number of hydrogen-bond donors (Lipinski definition) is 3. The zero-order valence-electron chi connectivity index (χ0n) is 13.3. The summed E-state index contributed by atoms with van der Waals surface area (Å²) in [4.78, 5) is 24.0. The summed E-state index contributed by atoms with van der Waals surface area (Å²) >= 11 is 0. The molecule has 126 valence electrons. The second kappa shape index (κ2) is 8.21. The van der Waals surface area contributed by atoms with Crippen LogP contribution in [0.25, 0.3) is 0 Å². The summed E-state index contributed by atoms with van der Waals surface area (Å²) in [6.45, 7) is 1.47. The van der Waals surface area contributed by atoms with Crippen molar-refractivity contribution in [3.8, 4) is 0 Å². The van der Waals surface area contributed by atoms with Crippen LogP contribution in [-0.2, 0) is 9.59 Å². The molecule has 0 aromatic heterocycles. The quantitative estimate of drug-likeness (QED) is 0.736. The molecule has 2 aromatic carbocycles. The number of aliphatic hydroxyl groups is 1. The molecule has 5 nitrogen and oxygen atoms in total. The molecule has 2 aromatic rings. The monoisotopic (exact) mass is 330 g/mol. The van der Waals surface area contributed by atoms with Gasteiger partial charge in [-0.05, 0) is 36.6 Å². The van der Waals surface area contributed by atoms with Crippen LogP contribution in [0, 0.1) is 12.7 Å². The van der Waals surface area contributed by atoms with Gasteiger partial charge in [-0.1, -0.05) is 36.4 Å². The molecule has 3 N–H and O–H groups in total. The van der Waals surface area contributed by atoms with E-state index in [1.807, 2.05) is 6.07 Å². The van der Waals surface area contributed by atoms with Crippen LogP contribution in [0.15, 0.2) is 48.5 Å². The Bertz CT molecular complexity index is 719. The minimum Gasteiger partial charge on any atom is -0.396 e. The summed E-state index contributed by atoms with van der Waals surface area (Å²) in [6.07, 6.45) is 0.280. The van der Waals surface area contributed by atoms with Crippen molar-refractivity contribution in [1.29, 1.82) is 0 Å². The molecule has 1 atom stereocenters. The lowest BCUT2D eigenvalue weighted by atomic mass is 10.0. The van der Waals surface area contributed by atoms with E-state index in [0.29, 0.717) is 5.56 Å². The van der Waals surface area contributed by atoms with Crippen molar-refractivity contribution in [1.82, 2.24) is 5.32 Å². The fourth-order valence-corrected chi connectivity index (χ4v) is 2.22. The lowest BCUT2D eigenvalue weighted by Crippen LogP contribution is -2.38. The van der Waals surface area contributed by atoms with Crippen LogP contribution in [0.1, 0.15) is 23.6 Å². The molecule has 0 saturated carbocycles. The van der Waals surface area contributed by atoms with Crippen molar-refractivity contribution in [2.75, 3.05) is 11.9 Å². The summed E-state index contributed by atoms with van der Waals surface area (Å²) in [6, 6.07) is 12.8. The maximum Gasteiger partial charge on any atom is 0.313 e. The molecule has 1 unspecified atom stereocenters. The predicted molar refractivity (Wildman–Crippen MR) is 88.8 cm³/mol. The first-order valence-corrected chi connectivity index (χ1v) is 7.55. The first kappa shape index (κ1) is 17.6. The molecule has 0 aliphatic heterocycles. The number of aryl methyl sites for hydroxylation is 1. The molecule has 24 heavy (non-hydrogen) atoms. The van der Waals surface area contributed by atoms with Gasteiger partial charge in [-0.15, -0.1) is 0 Å². The normalized spacial score (nSPS) is 11.6. The Morgan fingerprint density at radius 3 is 2.46 bits per heavy atom. The molecule has 0 bridgehead atoms. The molecule has 0 spiro atoms. The third-order valence-electron chi connectivity index (χ3n) is 3.56. The average molecular weight is 330 g/mol. The van der Waals surface area contributed by atoms with Gasteiger partial charge in [0.15, 0.2) is 0 Å². The maximum atomic E-state index is 13.5. The van der Waals surface area contributed by atoms with Gasteiger partial charge in [-0.2, -0.15) is 0 Å². The van der Waals surface area contributed by atoms with Crippen LogP contribution in [0.4, 0.5) is 10.1 Å². The highest BCUT2D eigenvalue weighted by Gasteiger charge is 2.20. The third-order valence-corrected chi connectivity index (χ3v) is 3.56. The molecule has 6 heteroatoms. The molecule has 0 aliphatic carbocycles. The largest absolute Gasteiger partial charge is 0.396 e. The second-order valence-electron chi connectivity index (χ2n) is 5.37. The summed E-state index contributed by atoms with van der Waals surface area (Å²) < 4.78 is 13.5. The highest BCUT2D eigenvalue weighted by atomic mass is 19.1. The fraction of sp³-hybridized carbons (Fsp3) is 0.222. The smallest absolute Gasteiger partial charge is 0.313 e. The Hall–Kier alpha value is -2.73. The standard InChI is InChI=1S/C18H19FN2O3/c1-12-7-8-14(11-15(12)19)20-17(23)18(24)21-16(9-10-22)13-5-3-2-4-6-13/h2-8,11,16,22H,9-10H2,1H3,(H,20,23)(H,21,24). The second-order valence-corrected chi connectivity index (χ2v) is 5.37. The zero-order valence-corrected chi connectivity index (χ0v) is 13.3. The summed E-state index contributed by atoms with van der Waals surface area (Å²) in [7, 11) is 0. The molecule has 0 fully saturated rings. The lowest BCUT2D eigenvalue weighted by Gasteiger charge is -2.18. The third kappa shape index (κ3) is 4.63. The van der Waals surface area contributed by atoms with E-state index in [4.69, 9.17) is 5.11 Å². The van der Waals surface area contributed by atoms with Gasteiger partial charge in [0.05, 0.1) is 6.04 Å². The van der Waals surface area contributed by atoms with Crippen molar-refractivity contribution in [3.63, 3.8) is 0 Å². The van der Waals surface area contributed by atoms with E-state index in [9.17, 15) is 14.0 Å². The Morgan fingerprint density at radius 2 is 1.83 bits per heavy atom. The minimum absolute atomic E-state index is 0.134. The summed E-state index contributed by atoms with van der Waals surface area (Å²) in [5.74, 6) is -2.20. The van der Waals surface area contributed by atoms with Crippen LogP contribution in [0.3, 0.4) is 0 Å². The molecule has 0 saturated heterocycles. The van der Waals surface area contributed by atoms with E-state index >= 15 is 0 Å². The average Bonchev–Trinajstić information content (AvgIpc) is 2.58. The minimum atomic E-state index is -0.892. The Kier molecular flexibility index (Phi) is 6.03. The van der Waals surface area contributed by atoms with Crippen molar-refractivity contribution < 1.29 is 19.1 Å². The Labute approximate surface area is 139 Å². The van der Waals surface area contributed by atoms with E-state index in [-0.39, 0.29) is 18.7 Å². The van der Waals surface area contributed by atoms with E-state index in [0.717, 1.165) is 11.6 Å². The van der Waals surface area contributed by atoms with Gasteiger partial charge in [0.25, 0.3) is 0 Å². The molecule has 2 rings (SSSR count). The number of amides is 2. The number of rotatable bonds is 5. The first-order valence-electron chi connectivity index (χ1n) is 7.55. The molecule has 0 heterocycles. The van der Waals surface area contributed by atoms with Crippen LogP contribution < -0.4 is 10.6 Å². The van der Waals surface area contributed by atoms with Crippen molar-refractivity contribution >= 4 is 17.5 Å². The number of halogens is 1. The highest BCUT2D eigenvalue weighted by molar-refractivity contribution is 6.39. The molecule has 0 aliphatic rings. The van der Waals surface area contributed by atoms with Crippen LogP contribution in [0.2, 0.25) is 0 Å². The van der Waals surface area contributed by atoms with Gasteiger partial charge in [-0.3, -0.25) is 9.59 Å². The van der Waals surface area contributed by atoms with Gasteiger partial charge in [0.1, 0.15) is 5.82 Å². The van der Waals surface area contributed by atoms with Gasteiger partial charge in [0.2, 0.25) is 0 Å². The van der Waals surface area contributed by atoms with Crippen molar-refractivity contribution in [2.24, 2.45) is 0 Å². The van der Waals surface area contributed by atoms with Gasteiger partial charge >= 0.3 is 11.8 Å². The number of benzene rings is 2. The molecule has 2 amide bonds. The maximum absolute atomic E-state index is 13.5. The van der Waals surface area contributed by atoms with Crippen LogP contribution in [-0.4, -0.2) is 23.5 Å². The highest BCUT2D eigenvalue weighted by Crippen LogP contribution is 2.16. The Balaban J connectivity index is 2.03. The van der Waals surface area contributed by atoms with E-state index in [1.54, 1.807) is 31.2 Å². The number of anilines is 1. The molecular weight excluding hydrogens is 311 g/mol. The zero-order chi connectivity index (χ0) is 17.5. The number of hydrogen-bond acceptors (Lipinski definition) is 3. The number of carbonyl (C=O) groups excluding carboxylic acids is 2. The number of nitrogens with one attached hydrogen (secondary N) is 2. The van der Waals surface area contributed by atoms with Crippen molar-refractivity contribution in [3.05, 3.63) is 65.5 Å². The van der Waals surface area contributed by atoms with E-state index < -0.39 is 23.7 Å². The summed E-state index contributed by atoms with van der Waals surface area (Å²) in [5, 5.41) is 14.1. The SMILES string of the molecule is Cc1ccc(NC(=O)C(=O)NC(CCO)c2ccccc2)cc1F. The van der Waals surface area contributed by atoms with E-state index in [1.165, 1.54) is 12.1 Å². The van der Waals surface area contributed by atoms with Gasteiger partial charge < -0.3 is 15.7 Å². The predicted octanol–water partition coefficient (Wildman–Crippen LogP) is 2.31. The van der Waals surface area contributed by atoms with Crippen LogP contribution in [0.5, 0.6) is 0 Å². The molecular formula is C18H19FN2O3. The lowest BCUT2D eigenvalue weighted by molar-refractivity contribution is -0.136. The number of carbonyl (C=O) groups is 2. The topological polar surface area (TPSA) is 78.4 Å². The summed E-state index contributed by atoms with van der Waals surface area (Å²) in [5.41, 5.74) is 1.44. The van der Waals surface area contributed by atoms with E-state index in [2.05, 4.69) is 10.6 Å². The van der Waals surface area contributed by atoms with Crippen molar-refractivity contribution in [2.45, 2.75) is 19.4 Å². The Morgan fingerprint density at radius 1 is 1.12 bits per heavy atom. The first-order chi connectivity index (χ1) is 11.5. The van der Waals surface area contributed by atoms with Gasteiger partial charge in [-0.25, -0.2) is 4.39 Å². The number of aliphatic hydroxyl groups excluding tert-OH is 1. The van der Waals surface area contributed by atoms with Crippen LogP contribution >= 0.6 is 0 Å². The fourth-order valence-electron chi connectivity index (χ4n) is 2.22. The van der Waals surface area contributed by atoms with Gasteiger partial charge in [0, 0.05) is 12.3 Å².